The molecule has 0 aliphatic heterocycles. The number of hydrogen-bond acceptors (Lipinski definition) is 6. The Hall–Kier alpha value is -4.19. The molecular formula is C28H20Cl2FN7. The molecule has 6 rings (SSSR count). The molecule has 7 nitrogen and oxygen atoms in total. The van der Waals surface area contributed by atoms with Crippen molar-refractivity contribution in [3.63, 3.8) is 0 Å². The molecule has 10 heteroatoms. The van der Waals surface area contributed by atoms with Gasteiger partial charge in [-0.25, -0.2) is 9.07 Å². The van der Waals surface area contributed by atoms with Gasteiger partial charge in [0.2, 0.25) is 0 Å². The Kier molecular flexibility index (Phi) is 6.00. The first kappa shape index (κ1) is 23.0. The van der Waals surface area contributed by atoms with Gasteiger partial charge in [-0.3, -0.25) is 4.98 Å². The summed E-state index contributed by atoms with van der Waals surface area (Å²) in [6, 6.07) is 17.0. The predicted octanol–water partition coefficient (Wildman–Crippen LogP) is 7.42. The van der Waals surface area contributed by atoms with Gasteiger partial charge < -0.3 is 10.6 Å². The van der Waals surface area contributed by atoms with Crippen molar-refractivity contribution in [1.29, 1.82) is 5.26 Å². The monoisotopic (exact) mass is 544 g/mol. The van der Waals surface area contributed by atoms with E-state index in [9.17, 15) is 11.0 Å². The number of aromatic nitrogens is 4. The fourth-order valence-corrected chi connectivity index (χ4v) is 4.67. The summed E-state index contributed by atoms with van der Waals surface area (Å²) in [5.74, 6) is -0.414. The van der Waals surface area contributed by atoms with Crippen LogP contribution < -0.4 is 10.6 Å². The second-order valence-corrected chi connectivity index (χ2v) is 9.81. The molecular weight excluding hydrogens is 524 g/mol. The van der Waals surface area contributed by atoms with Crippen LogP contribution in [0.5, 0.6) is 0 Å². The average molecular weight is 545 g/mol. The predicted molar refractivity (Wildman–Crippen MR) is 146 cm³/mol. The number of anilines is 3. The van der Waals surface area contributed by atoms with Crippen LogP contribution in [0.25, 0.3) is 10.9 Å². The maximum atomic E-state index is 13.8. The minimum atomic E-state index is -1.63. The van der Waals surface area contributed by atoms with Crippen molar-refractivity contribution in [3.05, 3.63) is 106 Å². The molecule has 3 aromatic carbocycles. The lowest BCUT2D eigenvalue weighted by Crippen LogP contribution is -2.13. The lowest BCUT2D eigenvalue weighted by Gasteiger charge is -2.20. The lowest BCUT2D eigenvalue weighted by molar-refractivity contribution is 0.610. The van der Waals surface area contributed by atoms with Gasteiger partial charge in [0.25, 0.3) is 0 Å². The van der Waals surface area contributed by atoms with Crippen LogP contribution in [0.15, 0.2) is 73.1 Å². The van der Waals surface area contributed by atoms with Gasteiger partial charge >= 0.3 is 0 Å². The molecule has 0 saturated heterocycles. The molecule has 188 valence electrons. The Morgan fingerprint density at radius 3 is 2.66 bits per heavy atom. The van der Waals surface area contributed by atoms with Crippen LogP contribution >= 0.6 is 23.2 Å². The Morgan fingerprint density at radius 2 is 1.92 bits per heavy atom. The quantitative estimate of drug-likeness (QED) is 0.221. The number of rotatable bonds is 7. The van der Waals surface area contributed by atoms with Crippen molar-refractivity contribution in [3.8, 4) is 6.07 Å². The van der Waals surface area contributed by atoms with Crippen molar-refractivity contribution < 1.29 is 5.76 Å². The molecule has 1 aliphatic carbocycles. The SMILES string of the molecule is [2H][C@](Nc1cc(Cl)c2ncc(C#N)c(Nc3cccc(Cl)c3)c2c1)(c1ccc(F)cc1)c1cn(C2CC2)nn1. The van der Waals surface area contributed by atoms with Gasteiger partial charge in [-0.2, -0.15) is 5.26 Å². The number of halogens is 3. The summed E-state index contributed by atoms with van der Waals surface area (Å²) in [5.41, 5.74) is 3.23. The summed E-state index contributed by atoms with van der Waals surface area (Å²) in [5, 5.41) is 26.3. The topological polar surface area (TPSA) is 91.5 Å². The van der Waals surface area contributed by atoms with E-state index in [2.05, 4.69) is 32.0 Å². The summed E-state index contributed by atoms with van der Waals surface area (Å²) in [6.07, 6.45) is 5.21. The Bertz CT molecular complexity index is 1750. The average Bonchev–Trinajstić information content (AvgIpc) is 3.65. The maximum absolute atomic E-state index is 13.8. The second kappa shape index (κ2) is 9.93. The van der Waals surface area contributed by atoms with Crippen LogP contribution in [0.3, 0.4) is 0 Å². The van der Waals surface area contributed by atoms with Gasteiger partial charge in [-0.05, 0) is 60.9 Å². The number of benzene rings is 3. The first-order chi connectivity index (χ1) is 18.8. The molecule has 1 atom stereocenters. The molecule has 0 bridgehead atoms. The summed E-state index contributed by atoms with van der Waals surface area (Å²) in [4.78, 5) is 4.40. The number of fused-ring (bicyclic) bond motifs is 1. The van der Waals surface area contributed by atoms with Gasteiger partial charge in [0.05, 0.1) is 41.4 Å². The maximum Gasteiger partial charge on any atom is 0.123 e. The highest BCUT2D eigenvalue weighted by Crippen LogP contribution is 2.38. The van der Waals surface area contributed by atoms with Crippen molar-refractivity contribution in [2.75, 3.05) is 10.6 Å². The fraction of sp³-hybridized carbons (Fsp3) is 0.143. The highest BCUT2D eigenvalue weighted by molar-refractivity contribution is 6.36. The van der Waals surface area contributed by atoms with E-state index in [4.69, 9.17) is 23.2 Å². The van der Waals surface area contributed by atoms with Crippen LogP contribution in [0.2, 0.25) is 10.0 Å². The molecule has 38 heavy (non-hydrogen) atoms. The highest BCUT2D eigenvalue weighted by atomic mass is 35.5. The van der Waals surface area contributed by atoms with Crippen molar-refractivity contribution in [2.45, 2.75) is 24.9 Å². The molecule has 1 fully saturated rings. The Morgan fingerprint density at radius 1 is 1.11 bits per heavy atom. The van der Waals surface area contributed by atoms with Crippen molar-refractivity contribution in [2.24, 2.45) is 0 Å². The summed E-state index contributed by atoms with van der Waals surface area (Å²) in [6.45, 7) is 0. The minimum Gasteiger partial charge on any atom is -0.373 e. The van der Waals surface area contributed by atoms with Crippen LogP contribution in [-0.4, -0.2) is 20.0 Å². The molecule has 0 unspecified atom stereocenters. The van der Waals surface area contributed by atoms with Gasteiger partial charge in [0, 0.05) is 28.0 Å². The molecule has 2 N–H and O–H groups in total. The van der Waals surface area contributed by atoms with Crippen LogP contribution in [-0.2, 0) is 0 Å². The first-order valence-corrected chi connectivity index (χ1v) is 12.6. The minimum absolute atomic E-state index is 0.273. The number of nitriles is 1. The third-order valence-corrected chi connectivity index (χ3v) is 6.75. The number of pyridine rings is 1. The molecule has 2 aromatic heterocycles. The van der Waals surface area contributed by atoms with Gasteiger partial charge in [0.15, 0.2) is 0 Å². The van der Waals surface area contributed by atoms with E-state index >= 15 is 0 Å². The third-order valence-electron chi connectivity index (χ3n) is 6.23. The summed E-state index contributed by atoms with van der Waals surface area (Å²) in [7, 11) is 0. The fourth-order valence-electron chi connectivity index (χ4n) is 4.22. The molecule has 1 aliphatic rings. The van der Waals surface area contributed by atoms with E-state index in [-0.39, 0.29) is 6.04 Å². The zero-order valence-electron chi connectivity index (χ0n) is 20.8. The number of hydrogen-bond donors (Lipinski definition) is 2. The lowest BCUT2D eigenvalue weighted by atomic mass is 10.0. The normalized spacial score (nSPS) is 14.9. The third kappa shape index (κ3) is 4.86. The van der Waals surface area contributed by atoms with Gasteiger partial charge in [-0.15, -0.1) is 5.10 Å². The second-order valence-electron chi connectivity index (χ2n) is 8.97. The largest absolute Gasteiger partial charge is 0.373 e. The molecule has 5 aromatic rings. The number of nitrogens with zero attached hydrogens (tertiary/aromatic N) is 5. The van der Waals surface area contributed by atoms with E-state index < -0.39 is 11.8 Å². The highest BCUT2D eigenvalue weighted by Gasteiger charge is 2.27. The summed E-state index contributed by atoms with van der Waals surface area (Å²) < 4.78 is 25.1. The first-order valence-electron chi connectivity index (χ1n) is 12.4. The van der Waals surface area contributed by atoms with E-state index in [0.717, 1.165) is 12.8 Å². The molecule has 1 saturated carbocycles. The Balaban J connectivity index is 1.48. The number of nitrogens with one attached hydrogen (secondary N) is 2. The molecule has 2 heterocycles. The van der Waals surface area contributed by atoms with Crippen LogP contribution in [0.4, 0.5) is 21.5 Å². The standard InChI is InChI=1S/C28H20Cl2FN7/c29-18-2-1-3-20(10-18)34-26-17(13-32)14-33-28-23(26)11-21(12-24(28)30)35-27(16-4-6-19(31)7-5-16)25-15-38(37-36-25)22-8-9-22/h1-7,10-12,14-15,22,27,35H,8-9H2,(H,33,34)/t27-/m0/s1/i27D. The summed E-state index contributed by atoms with van der Waals surface area (Å²) >= 11 is 12.8. The van der Waals surface area contributed by atoms with Crippen LogP contribution in [0.1, 0.15) is 43.1 Å². The van der Waals surface area contributed by atoms with E-state index in [0.29, 0.717) is 54.8 Å². The Labute approximate surface area is 229 Å². The van der Waals surface area contributed by atoms with E-state index in [1.807, 2.05) is 6.07 Å². The van der Waals surface area contributed by atoms with Gasteiger partial charge in [0.1, 0.15) is 17.6 Å². The zero-order valence-corrected chi connectivity index (χ0v) is 21.3. The van der Waals surface area contributed by atoms with E-state index in [1.165, 1.54) is 30.5 Å². The smallest absolute Gasteiger partial charge is 0.123 e. The molecule has 0 spiro atoms. The van der Waals surface area contributed by atoms with Crippen molar-refractivity contribution >= 4 is 51.2 Å². The molecule has 0 radical (unpaired) electrons. The van der Waals surface area contributed by atoms with Crippen LogP contribution in [0, 0.1) is 17.1 Å². The van der Waals surface area contributed by atoms with E-state index in [1.54, 1.807) is 41.2 Å². The molecule has 0 amide bonds. The van der Waals surface area contributed by atoms with Gasteiger partial charge in [-0.1, -0.05) is 46.6 Å². The van der Waals surface area contributed by atoms with Crippen molar-refractivity contribution in [1.82, 2.24) is 20.0 Å². The zero-order chi connectivity index (χ0) is 27.1.